The van der Waals surface area contributed by atoms with Crippen LogP contribution in [0.5, 0.6) is 0 Å². The van der Waals surface area contributed by atoms with Crippen LogP contribution in [0, 0.1) is 4.77 Å². The molecule has 3 aromatic rings. The third kappa shape index (κ3) is 3.47. The topological polar surface area (TPSA) is 53.1 Å². The number of hydrogen-bond acceptors (Lipinski definition) is 4. The number of aromatic amines is 1. The monoisotopic (exact) mass is 364 g/mol. The van der Waals surface area contributed by atoms with Crippen molar-refractivity contribution in [1.82, 2.24) is 14.5 Å². The number of hydrogen-bond donors (Lipinski definition) is 2. The van der Waals surface area contributed by atoms with E-state index >= 15 is 0 Å². The molecule has 2 N–H and O–H groups in total. The van der Waals surface area contributed by atoms with Gasteiger partial charge in [-0.3, -0.25) is 14.7 Å². The van der Waals surface area contributed by atoms with E-state index in [1.807, 2.05) is 41.0 Å². The summed E-state index contributed by atoms with van der Waals surface area (Å²) in [5, 5.41) is 3.41. The highest BCUT2D eigenvalue weighted by Gasteiger charge is 2.22. The van der Waals surface area contributed by atoms with Crippen LogP contribution in [0.4, 0.5) is 5.82 Å². The molecule has 0 spiro atoms. The van der Waals surface area contributed by atoms with Crippen LogP contribution in [-0.4, -0.2) is 21.1 Å². The van der Waals surface area contributed by atoms with E-state index in [0.717, 1.165) is 23.5 Å². The summed E-state index contributed by atoms with van der Waals surface area (Å²) in [4.78, 5) is 17.5. The zero-order valence-electron chi connectivity index (χ0n) is 14.3. The Bertz CT molecular complexity index is 1010. The molecule has 0 amide bonds. The Morgan fingerprint density at radius 3 is 2.19 bits per heavy atom. The van der Waals surface area contributed by atoms with E-state index in [1.54, 1.807) is 0 Å². The summed E-state index contributed by atoms with van der Waals surface area (Å²) in [6.45, 7) is 2.69. The van der Waals surface area contributed by atoms with Crippen molar-refractivity contribution < 1.29 is 0 Å². The molecule has 1 aliphatic heterocycles. The van der Waals surface area contributed by atoms with E-state index in [4.69, 9.17) is 12.2 Å². The smallest absolute Gasteiger partial charge is 0.258 e. The van der Waals surface area contributed by atoms with Crippen LogP contribution in [0.3, 0.4) is 0 Å². The molecule has 4 rings (SSSR count). The van der Waals surface area contributed by atoms with E-state index in [1.165, 1.54) is 5.56 Å². The molecule has 2 aromatic carbocycles. The Morgan fingerprint density at radius 2 is 1.54 bits per heavy atom. The molecule has 0 atom stereocenters. The van der Waals surface area contributed by atoms with Gasteiger partial charge >= 0.3 is 0 Å². The van der Waals surface area contributed by atoms with Gasteiger partial charge in [0.15, 0.2) is 4.77 Å². The predicted molar refractivity (Wildman–Crippen MR) is 106 cm³/mol. The van der Waals surface area contributed by atoms with Crippen LogP contribution in [-0.2, 0) is 19.6 Å². The largest absolute Gasteiger partial charge is 0.358 e. The Hall–Kier alpha value is -2.70. The van der Waals surface area contributed by atoms with Crippen LogP contribution >= 0.6 is 12.2 Å². The van der Waals surface area contributed by atoms with Crippen LogP contribution in [0.15, 0.2) is 65.5 Å². The molecular weight excluding hydrogens is 344 g/mol. The highest BCUT2D eigenvalue weighted by atomic mass is 32.1. The van der Waals surface area contributed by atoms with Gasteiger partial charge in [-0.25, -0.2) is 0 Å². The minimum Gasteiger partial charge on any atom is -0.358 e. The van der Waals surface area contributed by atoms with Crippen molar-refractivity contribution in [2.24, 2.45) is 0 Å². The number of benzene rings is 2. The maximum atomic E-state index is 12.5. The summed E-state index contributed by atoms with van der Waals surface area (Å²) >= 11 is 5.41. The highest BCUT2D eigenvalue weighted by Crippen LogP contribution is 2.21. The van der Waals surface area contributed by atoms with E-state index in [-0.39, 0.29) is 5.56 Å². The van der Waals surface area contributed by atoms with Crippen molar-refractivity contribution in [3.63, 3.8) is 0 Å². The highest BCUT2D eigenvalue weighted by molar-refractivity contribution is 7.71. The lowest BCUT2D eigenvalue weighted by molar-refractivity contribution is 0.263. The molecule has 132 valence electrons. The lowest BCUT2D eigenvalue weighted by atomic mass is 10.1. The second-order valence-electron chi connectivity index (χ2n) is 6.47. The van der Waals surface area contributed by atoms with E-state index in [9.17, 15) is 4.79 Å². The number of anilines is 1. The average molecular weight is 364 g/mol. The zero-order chi connectivity index (χ0) is 17.9. The summed E-state index contributed by atoms with van der Waals surface area (Å²) in [5.74, 6) is 0.826. The maximum Gasteiger partial charge on any atom is 0.258 e. The van der Waals surface area contributed by atoms with Crippen LogP contribution < -0.4 is 10.9 Å². The lowest BCUT2D eigenvalue weighted by Crippen LogP contribution is -2.39. The summed E-state index contributed by atoms with van der Waals surface area (Å²) in [5.41, 5.74) is 2.99. The van der Waals surface area contributed by atoms with E-state index in [0.29, 0.717) is 24.5 Å². The molecule has 0 bridgehead atoms. The normalized spacial score (nSPS) is 13.8. The van der Waals surface area contributed by atoms with Gasteiger partial charge in [0.05, 0.1) is 18.8 Å². The van der Waals surface area contributed by atoms with E-state index in [2.05, 4.69) is 39.5 Å². The number of fused-ring (bicyclic) bond motifs is 1. The maximum absolute atomic E-state index is 12.5. The van der Waals surface area contributed by atoms with Gasteiger partial charge in [-0.15, -0.1) is 0 Å². The standard InChI is InChI=1S/C20H20N4OS/c25-19-17-13-23(11-15-7-3-1-4-8-15)14-21-18(17)24(20(26)22-19)12-16-9-5-2-6-10-16/h1-10,21H,11-14H2,(H,22,25,26). The molecule has 0 unspecified atom stereocenters. The van der Waals surface area contributed by atoms with Crippen molar-refractivity contribution in [2.75, 3.05) is 12.0 Å². The number of nitrogens with one attached hydrogen (secondary N) is 2. The van der Waals surface area contributed by atoms with Crippen LogP contribution in [0.1, 0.15) is 16.7 Å². The number of H-pyrrole nitrogens is 1. The first-order chi connectivity index (χ1) is 12.7. The Kier molecular flexibility index (Phi) is 4.69. The molecule has 0 fully saturated rings. The van der Waals surface area contributed by atoms with Crippen molar-refractivity contribution in [3.05, 3.63) is 92.5 Å². The average Bonchev–Trinajstić information content (AvgIpc) is 2.67. The number of rotatable bonds is 4. The van der Waals surface area contributed by atoms with Crippen molar-refractivity contribution >= 4 is 18.0 Å². The van der Waals surface area contributed by atoms with Gasteiger partial charge in [0.2, 0.25) is 0 Å². The second-order valence-corrected chi connectivity index (χ2v) is 6.85. The van der Waals surface area contributed by atoms with Crippen molar-refractivity contribution in [1.29, 1.82) is 0 Å². The Balaban J connectivity index is 1.64. The number of nitrogens with zero attached hydrogens (tertiary/aromatic N) is 2. The molecule has 0 saturated heterocycles. The quantitative estimate of drug-likeness (QED) is 0.697. The zero-order valence-corrected chi connectivity index (χ0v) is 15.1. The van der Waals surface area contributed by atoms with Crippen LogP contribution in [0.25, 0.3) is 0 Å². The molecule has 0 saturated carbocycles. The fourth-order valence-corrected chi connectivity index (χ4v) is 3.55. The predicted octanol–water partition coefficient (Wildman–Crippen LogP) is 3.34. The first kappa shape index (κ1) is 16.8. The van der Waals surface area contributed by atoms with Gasteiger partial charge in [0, 0.05) is 13.1 Å². The SMILES string of the molecule is O=c1[nH]c(=S)n(Cc2ccccc2)c2c1CN(Cc1ccccc1)CN2. The minimum absolute atomic E-state index is 0.112. The molecule has 26 heavy (non-hydrogen) atoms. The molecule has 0 radical (unpaired) electrons. The fourth-order valence-electron chi connectivity index (χ4n) is 3.30. The molecular formula is C20H20N4OS. The fraction of sp³-hybridized carbons (Fsp3) is 0.200. The number of aromatic nitrogens is 2. The Labute approximate surface area is 156 Å². The van der Waals surface area contributed by atoms with Crippen LogP contribution in [0.2, 0.25) is 0 Å². The summed E-state index contributed by atoms with van der Waals surface area (Å²) in [6.07, 6.45) is 0. The molecule has 0 aliphatic carbocycles. The summed E-state index contributed by atoms with van der Waals surface area (Å²) < 4.78 is 2.42. The third-order valence-corrected chi connectivity index (χ3v) is 4.90. The molecule has 1 aromatic heterocycles. The molecule has 6 heteroatoms. The van der Waals surface area contributed by atoms with Gasteiger partial charge in [-0.2, -0.15) is 0 Å². The molecule has 1 aliphatic rings. The van der Waals surface area contributed by atoms with E-state index < -0.39 is 0 Å². The first-order valence-electron chi connectivity index (χ1n) is 8.61. The van der Waals surface area contributed by atoms with Gasteiger partial charge in [0.25, 0.3) is 5.56 Å². The molecule has 5 nitrogen and oxygen atoms in total. The second kappa shape index (κ2) is 7.27. The first-order valence-corrected chi connectivity index (χ1v) is 9.01. The van der Waals surface area contributed by atoms with Crippen molar-refractivity contribution in [2.45, 2.75) is 19.6 Å². The summed E-state index contributed by atoms with van der Waals surface area (Å²) in [6, 6.07) is 20.4. The van der Waals surface area contributed by atoms with Gasteiger partial charge in [0.1, 0.15) is 5.82 Å². The van der Waals surface area contributed by atoms with Gasteiger partial charge in [-0.1, -0.05) is 60.7 Å². The third-order valence-electron chi connectivity index (χ3n) is 4.58. The van der Waals surface area contributed by atoms with Crippen molar-refractivity contribution in [3.8, 4) is 0 Å². The molecule has 2 heterocycles. The summed E-state index contributed by atoms with van der Waals surface area (Å²) in [7, 11) is 0. The van der Waals surface area contributed by atoms with Gasteiger partial charge in [-0.05, 0) is 23.3 Å². The van der Waals surface area contributed by atoms with Gasteiger partial charge < -0.3 is 9.88 Å². The lowest BCUT2D eigenvalue weighted by Gasteiger charge is -2.31. The minimum atomic E-state index is -0.112. The Morgan fingerprint density at radius 1 is 0.923 bits per heavy atom.